The van der Waals surface area contributed by atoms with E-state index >= 15 is 0 Å². The van der Waals surface area contributed by atoms with E-state index in [1.165, 1.54) is 11.3 Å². The normalized spacial score (nSPS) is 16.4. The van der Waals surface area contributed by atoms with E-state index in [2.05, 4.69) is 4.98 Å². The van der Waals surface area contributed by atoms with Crippen LogP contribution in [0.2, 0.25) is 0 Å². The third-order valence-corrected chi connectivity index (χ3v) is 7.07. The van der Waals surface area contributed by atoms with E-state index in [1.807, 2.05) is 48.5 Å². The number of nitrogens with zero attached hydrogens (tertiary/aromatic N) is 3. The molecule has 4 aromatic rings. The van der Waals surface area contributed by atoms with Gasteiger partial charge >= 0.3 is 5.97 Å². The summed E-state index contributed by atoms with van der Waals surface area (Å²) in [5.74, 6) is 0.632. The molecule has 2 aliphatic rings. The third kappa shape index (κ3) is 4.13. The molecule has 0 saturated heterocycles. The number of benzene rings is 2. The van der Waals surface area contributed by atoms with Crippen LogP contribution >= 0.6 is 11.3 Å². The summed E-state index contributed by atoms with van der Waals surface area (Å²) in [7, 11) is 0. The van der Waals surface area contributed by atoms with Gasteiger partial charge in [-0.3, -0.25) is 14.3 Å². The van der Waals surface area contributed by atoms with Crippen molar-refractivity contribution in [2.45, 2.75) is 13.0 Å². The lowest BCUT2D eigenvalue weighted by Crippen LogP contribution is -2.40. The molecule has 0 unspecified atom stereocenters. The van der Waals surface area contributed by atoms with Gasteiger partial charge < -0.3 is 14.2 Å². The molecular weight excluding hydrogens is 490 g/mol. The van der Waals surface area contributed by atoms with Crippen molar-refractivity contribution < 1.29 is 19.0 Å². The van der Waals surface area contributed by atoms with Gasteiger partial charge in [0.15, 0.2) is 16.3 Å². The Morgan fingerprint density at radius 1 is 1.11 bits per heavy atom. The first-order valence-corrected chi connectivity index (χ1v) is 12.5. The number of pyridine rings is 1. The predicted molar refractivity (Wildman–Crippen MR) is 138 cm³/mol. The van der Waals surface area contributed by atoms with E-state index in [9.17, 15) is 9.59 Å². The van der Waals surface area contributed by atoms with Gasteiger partial charge in [-0.05, 0) is 48.4 Å². The first kappa shape index (κ1) is 22.9. The van der Waals surface area contributed by atoms with Gasteiger partial charge in [0.1, 0.15) is 0 Å². The van der Waals surface area contributed by atoms with Crippen LogP contribution in [-0.2, 0) is 9.53 Å². The zero-order valence-electron chi connectivity index (χ0n) is 19.8. The van der Waals surface area contributed by atoms with E-state index in [0.29, 0.717) is 32.1 Å². The fourth-order valence-corrected chi connectivity index (χ4v) is 5.45. The minimum atomic E-state index is -0.778. The summed E-state index contributed by atoms with van der Waals surface area (Å²) in [6, 6.07) is 17.8. The smallest absolute Gasteiger partial charge is 0.338 e. The number of fused-ring (bicyclic) bond motifs is 2. The molecule has 0 amide bonds. The molecule has 8 nitrogen and oxygen atoms in total. The summed E-state index contributed by atoms with van der Waals surface area (Å²) in [5.41, 5.74) is 2.79. The van der Waals surface area contributed by atoms with Gasteiger partial charge in [-0.15, -0.1) is 0 Å². The number of ether oxygens (including phenoxy) is 3. The van der Waals surface area contributed by atoms with Crippen LogP contribution in [0.3, 0.4) is 0 Å². The molecule has 2 aromatic carbocycles. The zero-order chi connectivity index (χ0) is 25.4. The first-order valence-electron chi connectivity index (χ1n) is 11.7. The number of carbonyl (C=O) groups excluding carboxylic acids is 1. The highest BCUT2D eigenvalue weighted by Crippen LogP contribution is 2.39. The Morgan fingerprint density at radius 3 is 2.68 bits per heavy atom. The lowest BCUT2D eigenvalue weighted by Gasteiger charge is -2.26. The summed E-state index contributed by atoms with van der Waals surface area (Å²) in [4.78, 5) is 36.7. The van der Waals surface area contributed by atoms with Crippen molar-refractivity contribution in [3.63, 3.8) is 0 Å². The van der Waals surface area contributed by atoms with Crippen molar-refractivity contribution in [2.75, 3.05) is 13.4 Å². The highest BCUT2D eigenvalue weighted by atomic mass is 32.1. The maximum atomic E-state index is 13.8. The molecule has 2 aliphatic heterocycles. The fraction of sp³-hybridized carbons (Fsp3) is 0.143. The molecule has 9 heteroatoms. The summed E-state index contributed by atoms with van der Waals surface area (Å²) >= 11 is 1.27. The maximum absolute atomic E-state index is 13.8. The predicted octanol–water partition coefficient (Wildman–Crippen LogP) is 3.06. The molecule has 0 spiro atoms. The van der Waals surface area contributed by atoms with E-state index in [4.69, 9.17) is 19.2 Å². The minimum Gasteiger partial charge on any atom is -0.463 e. The number of aromatic nitrogens is 2. The SMILES string of the molecule is CCOC(=O)C1=C(c2ccccc2)N=c2s/c(=C/c3ccncc3)c(=O)n2[C@H]1c1ccc2c(c1)OCO2. The molecule has 0 radical (unpaired) electrons. The fourth-order valence-electron chi connectivity index (χ4n) is 4.45. The van der Waals surface area contributed by atoms with Crippen LogP contribution in [0.4, 0.5) is 0 Å². The number of hydrogen-bond acceptors (Lipinski definition) is 8. The van der Waals surface area contributed by atoms with Crippen molar-refractivity contribution in [1.29, 1.82) is 0 Å². The lowest BCUT2D eigenvalue weighted by atomic mass is 9.93. The van der Waals surface area contributed by atoms with E-state index in [1.54, 1.807) is 42.1 Å². The molecule has 0 N–H and O–H groups in total. The molecule has 4 heterocycles. The summed E-state index contributed by atoms with van der Waals surface area (Å²) in [6.07, 6.45) is 5.15. The Labute approximate surface area is 215 Å². The maximum Gasteiger partial charge on any atom is 0.338 e. The second-order valence-electron chi connectivity index (χ2n) is 8.32. The van der Waals surface area contributed by atoms with Crippen molar-refractivity contribution in [3.8, 4) is 11.5 Å². The molecule has 0 fully saturated rings. The second-order valence-corrected chi connectivity index (χ2v) is 9.33. The quantitative estimate of drug-likeness (QED) is 0.383. The highest BCUT2D eigenvalue weighted by Gasteiger charge is 2.36. The molecule has 0 saturated carbocycles. The number of esters is 1. The Balaban J connectivity index is 1.66. The summed E-state index contributed by atoms with van der Waals surface area (Å²) in [6.45, 7) is 2.05. The largest absolute Gasteiger partial charge is 0.463 e. The standard InChI is InChI=1S/C28H21N3O5S/c1-2-34-27(33)23-24(18-6-4-3-5-7-18)30-28-31(25(23)19-8-9-20-21(15-19)36-16-35-20)26(32)22(37-28)14-17-10-12-29-13-11-17/h3-15,25H,2,16H2,1H3/b22-14+/t25-/m0/s1. The number of carbonyl (C=O) groups is 1. The molecule has 2 aromatic heterocycles. The van der Waals surface area contributed by atoms with Crippen LogP contribution in [0.25, 0.3) is 11.8 Å². The number of hydrogen-bond donors (Lipinski definition) is 0. The second kappa shape index (κ2) is 9.51. The van der Waals surface area contributed by atoms with Crippen LogP contribution in [0.1, 0.15) is 29.7 Å². The topological polar surface area (TPSA) is 92.0 Å². The first-order chi connectivity index (χ1) is 18.1. The Kier molecular flexibility index (Phi) is 5.90. The van der Waals surface area contributed by atoms with E-state index < -0.39 is 12.0 Å². The van der Waals surface area contributed by atoms with Gasteiger partial charge in [0.05, 0.1) is 28.5 Å². The van der Waals surface area contributed by atoms with E-state index in [0.717, 1.165) is 11.1 Å². The zero-order valence-corrected chi connectivity index (χ0v) is 20.6. The van der Waals surface area contributed by atoms with Crippen LogP contribution in [0, 0.1) is 0 Å². The monoisotopic (exact) mass is 511 g/mol. The van der Waals surface area contributed by atoms with Gasteiger partial charge in [-0.25, -0.2) is 9.79 Å². The molecule has 37 heavy (non-hydrogen) atoms. The molecule has 184 valence electrons. The Hall–Kier alpha value is -4.50. The average Bonchev–Trinajstić information content (AvgIpc) is 3.52. The van der Waals surface area contributed by atoms with Gasteiger partial charge in [0.25, 0.3) is 5.56 Å². The van der Waals surface area contributed by atoms with Crippen LogP contribution < -0.4 is 24.4 Å². The molecular formula is C28H21N3O5S. The van der Waals surface area contributed by atoms with Gasteiger partial charge in [-0.1, -0.05) is 47.7 Å². The van der Waals surface area contributed by atoms with Crippen LogP contribution in [-0.4, -0.2) is 28.9 Å². The van der Waals surface area contributed by atoms with Gasteiger partial charge in [0.2, 0.25) is 6.79 Å². The highest BCUT2D eigenvalue weighted by molar-refractivity contribution is 7.07. The van der Waals surface area contributed by atoms with Crippen molar-refractivity contribution in [3.05, 3.63) is 115 Å². The van der Waals surface area contributed by atoms with Crippen molar-refractivity contribution >= 4 is 29.1 Å². The average molecular weight is 512 g/mol. The third-order valence-electron chi connectivity index (χ3n) is 6.09. The van der Waals surface area contributed by atoms with Gasteiger partial charge in [0, 0.05) is 18.0 Å². The molecule has 6 rings (SSSR count). The van der Waals surface area contributed by atoms with Crippen LogP contribution in [0.5, 0.6) is 11.5 Å². The minimum absolute atomic E-state index is 0.114. The number of thiazole rings is 1. The lowest BCUT2D eigenvalue weighted by molar-refractivity contribution is -0.138. The van der Waals surface area contributed by atoms with Crippen LogP contribution in [0.15, 0.2) is 88.4 Å². The molecule has 0 bridgehead atoms. The van der Waals surface area contributed by atoms with Crippen molar-refractivity contribution in [2.24, 2.45) is 4.99 Å². The summed E-state index contributed by atoms with van der Waals surface area (Å²) in [5, 5.41) is 0. The Bertz CT molecular complexity index is 1710. The summed E-state index contributed by atoms with van der Waals surface area (Å²) < 4.78 is 18.7. The number of rotatable bonds is 5. The van der Waals surface area contributed by atoms with Gasteiger partial charge in [-0.2, -0.15) is 0 Å². The molecule has 1 atom stereocenters. The Morgan fingerprint density at radius 2 is 1.89 bits per heavy atom. The van der Waals surface area contributed by atoms with E-state index in [-0.39, 0.29) is 24.5 Å². The molecule has 0 aliphatic carbocycles. The van der Waals surface area contributed by atoms with Crippen molar-refractivity contribution in [1.82, 2.24) is 9.55 Å².